The van der Waals surface area contributed by atoms with Gasteiger partial charge in [-0.15, -0.1) is 0 Å². The van der Waals surface area contributed by atoms with E-state index in [1.165, 1.54) is 0 Å². The molecule has 0 saturated carbocycles. The van der Waals surface area contributed by atoms with Crippen LogP contribution < -0.4 is 15.7 Å². The van der Waals surface area contributed by atoms with Crippen LogP contribution in [0.3, 0.4) is 0 Å². The highest BCUT2D eigenvalue weighted by Gasteiger charge is 2.27. The molecule has 1 aliphatic heterocycles. The van der Waals surface area contributed by atoms with Gasteiger partial charge in [-0.05, 0) is 62.9 Å². The summed E-state index contributed by atoms with van der Waals surface area (Å²) in [5.74, 6) is 1.16. The summed E-state index contributed by atoms with van der Waals surface area (Å²) >= 11 is 0. The molecular weight excluding hydrogens is 358 g/mol. The second-order valence-electron chi connectivity index (χ2n) is 7.84. The molecule has 0 spiro atoms. The molecule has 0 fully saturated rings. The molecule has 2 aromatic heterocycles. The van der Waals surface area contributed by atoms with Crippen LogP contribution in [0.4, 0.5) is 0 Å². The summed E-state index contributed by atoms with van der Waals surface area (Å²) in [4.78, 5) is 24.8. The third-order valence-electron chi connectivity index (χ3n) is 5.23. The summed E-state index contributed by atoms with van der Waals surface area (Å²) in [6.45, 7) is 6.23. The third kappa shape index (κ3) is 3.54. The van der Waals surface area contributed by atoms with Crippen LogP contribution >= 0.6 is 0 Å². The normalized spacial score (nSPS) is 15.1. The van der Waals surface area contributed by atoms with Crippen LogP contribution in [0.1, 0.15) is 42.7 Å². The van der Waals surface area contributed by atoms with Gasteiger partial charge in [0.05, 0.1) is 24.8 Å². The molecule has 0 aliphatic carbocycles. The first-order valence-corrected chi connectivity index (χ1v) is 9.40. The molecule has 28 heavy (non-hydrogen) atoms. The van der Waals surface area contributed by atoms with Crippen molar-refractivity contribution in [3.8, 4) is 5.75 Å². The number of carbonyl (C=O) groups is 1. The third-order valence-corrected chi connectivity index (χ3v) is 5.23. The Labute approximate surface area is 162 Å². The molecule has 0 unspecified atom stereocenters. The highest BCUT2D eigenvalue weighted by atomic mass is 16.5. The summed E-state index contributed by atoms with van der Waals surface area (Å²) in [7, 11) is 0. The molecule has 1 aromatic carbocycles. The number of rotatable bonds is 4. The average Bonchev–Trinajstić information content (AvgIpc) is 3.15. The van der Waals surface area contributed by atoms with Crippen LogP contribution in [0.5, 0.6) is 5.75 Å². The van der Waals surface area contributed by atoms with Crippen molar-refractivity contribution in [2.24, 2.45) is 0 Å². The van der Waals surface area contributed by atoms with Gasteiger partial charge in [-0.1, -0.05) is 0 Å². The molecule has 1 N–H and O–H groups in total. The summed E-state index contributed by atoms with van der Waals surface area (Å²) < 4.78 is 16.8. The molecule has 3 heterocycles. The van der Waals surface area contributed by atoms with Crippen molar-refractivity contribution in [2.45, 2.75) is 52.2 Å². The molecule has 0 radical (unpaired) electrons. The Balaban J connectivity index is 1.62. The maximum Gasteiger partial charge on any atom is 0.340 e. The zero-order chi connectivity index (χ0) is 19.9. The standard InChI is InChI=1S/C22H23NO5/c1-13-16-9-14-6-7-22(2,3)28-18(14)11-19(16)27-21(25)17(13)10-20(24)23-12-15-5-4-8-26-15/h4-5,8-9,11H,6-7,10,12H2,1-3H3,(H,23,24). The van der Waals surface area contributed by atoms with Gasteiger partial charge in [-0.3, -0.25) is 4.79 Å². The van der Waals surface area contributed by atoms with E-state index in [1.807, 2.05) is 26.8 Å². The summed E-state index contributed by atoms with van der Waals surface area (Å²) in [5, 5.41) is 3.60. The molecule has 4 rings (SSSR count). The molecule has 0 atom stereocenters. The minimum absolute atomic E-state index is 0.0363. The average molecular weight is 381 g/mol. The van der Waals surface area contributed by atoms with E-state index >= 15 is 0 Å². The van der Waals surface area contributed by atoms with Gasteiger partial charge in [0.1, 0.15) is 22.7 Å². The van der Waals surface area contributed by atoms with Crippen LogP contribution in [-0.2, 0) is 24.2 Å². The largest absolute Gasteiger partial charge is 0.487 e. The van der Waals surface area contributed by atoms with E-state index in [1.54, 1.807) is 24.5 Å². The minimum atomic E-state index is -0.492. The number of furan rings is 1. The number of amides is 1. The number of hydrogen-bond donors (Lipinski definition) is 1. The predicted molar refractivity (Wildman–Crippen MR) is 105 cm³/mol. The van der Waals surface area contributed by atoms with Gasteiger partial charge in [0.15, 0.2) is 0 Å². The summed E-state index contributed by atoms with van der Waals surface area (Å²) in [5.41, 5.74) is 2.00. The lowest BCUT2D eigenvalue weighted by molar-refractivity contribution is -0.120. The number of fused-ring (bicyclic) bond motifs is 2. The van der Waals surface area contributed by atoms with E-state index in [4.69, 9.17) is 13.6 Å². The van der Waals surface area contributed by atoms with E-state index < -0.39 is 5.63 Å². The van der Waals surface area contributed by atoms with Crippen LogP contribution in [-0.4, -0.2) is 11.5 Å². The Bertz CT molecular complexity index is 1090. The second kappa shape index (κ2) is 6.86. The van der Waals surface area contributed by atoms with E-state index in [9.17, 15) is 9.59 Å². The van der Waals surface area contributed by atoms with Gasteiger partial charge in [0, 0.05) is 11.5 Å². The fourth-order valence-electron chi connectivity index (χ4n) is 3.56. The Morgan fingerprint density at radius 3 is 2.86 bits per heavy atom. The van der Waals surface area contributed by atoms with E-state index in [2.05, 4.69) is 5.32 Å². The molecule has 1 amide bonds. The van der Waals surface area contributed by atoms with Crippen LogP contribution in [0.15, 0.2) is 44.2 Å². The van der Waals surface area contributed by atoms with Gasteiger partial charge in [-0.25, -0.2) is 4.79 Å². The first-order valence-electron chi connectivity index (χ1n) is 9.40. The number of benzene rings is 1. The van der Waals surface area contributed by atoms with Crippen molar-refractivity contribution in [1.29, 1.82) is 0 Å². The molecule has 6 nitrogen and oxygen atoms in total. The highest BCUT2D eigenvalue weighted by Crippen LogP contribution is 2.36. The van der Waals surface area contributed by atoms with Crippen molar-refractivity contribution < 1.29 is 18.4 Å². The van der Waals surface area contributed by atoms with Gasteiger partial charge in [0.25, 0.3) is 0 Å². The van der Waals surface area contributed by atoms with Gasteiger partial charge in [-0.2, -0.15) is 0 Å². The van der Waals surface area contributed by atoms with E-state index in [-0.39, 0.29) is 24.5 Å². The molecular formula is C22H23NO5. The Hall–Kier alpha value is -3.02. The van der Waals surface area contributed by atoms with Crippen molar-refractivity contribution in [1.82, 2.24) is 5.32 Å². The van der Waals surface area contributed by atoms with Crippen molar-refractivity contribution in [2.75, 3.05) is 0 Å². The van der Waals surface area contributed by atoms with Crippen molar-refractivity contribution >= 4 is 16.9 Å². The molecule has 6 heteroatoms. The molecule has 0 saturated heterocycles. The quantitative estimate of drug-likeness (QED) is 0.698. The topological polar surface area (TPSA) is 81.7 Å². The van der Waals surface area contributed by atoms with E-state index in [0.717, 1.165) is 35.1 Å². The van der Waals surface area contributed by atoms with Gasteiger partial charge >= 0.3 is 5.63 Å². The van der Waals surface area contributed by atoms with Crippen LogP contribution in [0.25, 0.3) is 11.0 Å². The van der Waals surface area contributed by atoms with Crippen LogP contribution in [0, 0.1) is 6.92 Å². The molecule has 146 valence electrons. The monoisotopic (exact) mass is 381 g/mol. The van der Waals surface area contributed by atoms with Gasteiger partial charge in [0.2, 0.25) is 5.91 Å². The lowest BCUT2D eigenvalue weighted by atomic mass is 9.92. The first kappa shape index (κ1) is 18.3. The number of ether oxygens (including phenoxy) is 1. The Kier molecular flexibility index (Phi) is 4.49. The minimum Gasteiger partial charge on any atom is -0.487 e. The first-order chi connectivity index (χ1) is 13.3. The fourth-order valence-corrected chi connectivity index (χ4v) is 3.56. The number of hydrogen-bond acceptors (Lipinski definition) is 5. The summed E-state index contributed by atoms with van der Waals surface area (Å²) in [6.07, 6.45) is 3.33. The van der Waals surface area contributed by atoms with Crippen LogP contribution in [0.2, 0.25) is 0 Å². The van der Waals surface area contributed by atoms with Gasteiger partial charge < -0.3 is 18.9 Å². The zero-order valence-electron chi connectivity index (χ0n) is 16.3. The number of aryl methyl sites for hydroxylation is 2. The second-order valence-corrected chi connectivity index (χ2v) is 7.84. The maximum absolute atomic E-state index is 12.5. The molecule has 1 aliphatic rings. The zero-order valence-corrected chi connectivity index (χ0v) is 16.3. The number of nitrogens with one attached hydrogen (secondary N) is 1. The smallest absolute Gasteiger partial charge is 0.340 e. The number of carbonyl (C=O) groups excluding carboxylic acids is 1. The molecule has 0 bridgehead atoms. The van der Waals surface area contributed by atoms with Crippen molar-refractivity contribution in [3.63, 3.8) is 0 Å². The SMILES string of the molecule is Cc1c(CC(=O)NCc2ccco2)c(=O)oc2cc3c(cc12)CCC(C)(C)O3. The Morgan fingerprint density at radius 1 is 1.29 bits per heavy atom. The predicted octanol–water partition coefficient (Wildman–Crippen LogP) is 3.66. The lowest BCUT2D eigenvalue weighted by Gasteiger charge is -2.32. The fraction of sp³-hybridized carbons (Fsp3) is 0.364. The Morgan fingerprint density at radius 2 is 2.11 bits per heavy atom. The lowest BCUT2D eigenvalue weighted by Crippen LogP contribution is -2.32. The molecule has 3 aromatic rings. The maximum atomic E-state index is 12.5. The van der Waals surface area contributed by atoms with E-state index in [0.29, 0.717) is 16.9 Å². The van der Waals surface area contributed by atoms with Crippen molar-refractivity contribution in [3.05, 3.63) is 63.4 Å². The highest BCUT2D eigenvalue weighted by molar-refractivity contribution is 5.86. The summed E-state index contributed by atoms with van der Waals surface area (Å²) in [6, 6.07) is 7.35.